The molecule has 2 N–H and O–H groups in total. The number of phenols is 1. The van der Waals surface area contributed by atoms with Crippen LogP contribution in [0.25, 0.3) is 0 Å². The Morgan fingerprint density at radius 3 is 2.42 bits per heavy atom. The molecule has 1 amide bonds. The lowest BCUT2D eigenvalue weighted by molar-refractivity contribution is -0.127. The summed E-state index contributed by atoms with van der Waals surface area (Å²) in [4.78, 5) is 12.2. The molecule has 31 heavy (non-hydrogen) atoms. The maximum absolute atomic E-state index is 12.2. The van der Waals surface area contributed by atoms with Gasteiger partial charge in [0.2, 0.25) is 0 Å². The Balaban J connectivity index is 1.49. The largest absolute Gasteiger partial charge is 0.507 e. The Kier molecular flexibility index (Phi) is 7.48. The number of nitrogens with zero attached hydrogens (tertiary/aromatic N) is 1. The molecular formula is C24H24N2O5. The summed E-state index contributed by atoms with van der Waals surface area (Å²) in [5.74, 6) is 1.40. The van der Waals surface area contributed by atoms with Gasteiger partial charge in [-0.1, -0.05) is 30.3 Å². The smallest absolute Gasteiger partial charge is 0.280 e. The zero-order valence-corrected chi connectivity index (χ0v) is 17.3. The Morgan fingerprint density at radius 1 is 1.03 bits per heavy atom. The van der Waals surface area contributed by atoms with E-state index >= 15 is 0 Å². The van der Waals surface area contributed by atoms with Crippen molar-refractivity contribution in [3.05, 3.63) is 83.9 Å². The second kappa shape index (κ2) is 10.7. The fraction of sp³-hybridized carbons (Fsp3) is 0.167. The molecule has 0 bridgehead atoms. The van der Waals surface area contributed by atoms with Crippen LogP contribution in [0.2, 0.25) is 0 Å². The zero-order valence-electron chi connectivity index (χ0n) is 17.3. The van der Waals surface area contributed by atoms with Crippen LogP contribution in [0.3, 0.4) is 0 Å². The number of benzene rings is 3. The fourth-order valence-electron chi connectivity index (χ4n) is 2.63. The number of aromatic hydroxyl groups is 1. The Bertz CT molecular complexity index is 1020. The minimum absolute atomic E-state index is 0.0256. The van der Waals surface area contributed by atoms with Crippen LogP contribution in [0.15, 0.2) is 77.9 Å². The van der Waals surface area contributed by atoms with Crippen LogP contribution in [-0.4, -0.2) is 30.4 Å². The van der Waals surface area contributed by atoms with Crippen molar-refractivity contribution in [2.45, 2.75) is 19.6 Å². The normalized spacial score (nSPS) is 11.7. The molecule has 0 saturated heterocycles. The molecule has 160 valence electrons. The Hall–Kier alpha value is -4.00. The van der Waals surface area contributed by atoms with E-state index in [1.54, 1.807) is 43.3 Å². The monoisotopic (exact) mass is 420 g/mol. The summed E-state index contributed by atoms with van der Waals surface area (Å²) < 4.78 is 16.5. The third kappa shape index (κ3) is 6.50. The van der Waals surface area contributed by atoms with Crippen LogP contribution in [0.5, 0.6) is 23.0 Å². The molecule has 3 rings (SSSR count). The molecule has 7 heteroatoms. The summed E-state index contributed by atoms with van der Waals surface area (Å²) in [6.45, 7) is 2.09. The molecule has 7 nitrogen and oxygen atoms in total. The number of hydrogen-bond donors (Lipinski definition) is 2. The number of phenolic OH excluding ortho intramolecular Hbond substituents is 1. The van der Waals surface area contributed by atoms with Crippen molar-refractivity contribution < 1.29 is 24.1 Å². The molecule has 0 heterocycles. The minimum atomic E-state index is -0.771. The highest BCUT2D eigenvalue weighted by molar-refractivity contribution is 5.86. The van der Waals surface area contributed by atoms with Crippen molar-refractivity contribution in [2.24, 2.45) is 5.10 Å². The first-order chi connectivity index (χ1) is 15.0. The van der Waals surface area contributed by atoms with Crippen molar-refractivity contribution in [1.29, 1.82) is 0 Å². The summed E-state index contributed by atoms with van der Waals surface area (Å²) >= 11 is 0. The summed E-state index contributed by atoms with van der Waals surface area (Å²) in [6.07, 6.45) is 0.564. The van der Waals surface area contributed by atoms with Crippen LogP contribution in [0, 0.1) is 0 Å². The summed E-state index contributed by atoms with van der Waals surface area (Å²) in [5, 5.41) is 13.7. The van der Waals surface area contributed by atoms with Crippen molar-refractivity contribution in [3.8, 4) is 23.0 Å². The Morgan fingerprint density at radius 2 is 1.71 bits per heavy atom. The third-order valence-corrected chi connectivity index (χ3v) is 4.37. The molecule has 1 unspecified atom stereocenters. The van der Waals surface area contributed by atoms with Crippen molar-refractivity contribution in [2.75, 3.05) is 7.11 Å². The maximum Gasteiger partial charge on any atom is 0.280 e. The molecule has 3 aromatic carbocycles. The van der Waals surface area contributed by atoms with Gasteiger partial charge in [0.15, 0.2) is 6.10 Å². The first-order valence-corrected chi connectivity index (χ1v) is 9.68. The first-order valence-electron chi connectivity index (χ1n) is 9.68. The average molecular weight is 420 g/mol. The van der Waals surface area contributed by atoms with E-state index in [1.165, 1.54) is 19.4 Å². The van der Waals surface area contributed by atoms with E-state index in [0.717, 1.165) is 5.56 Å². The molecule has 0 fully saturated rings. The van der Waals surface area contributed by atoms with E-state index < -0.39 is 12.0 Å². The van der Waals surface area contributed by atoms with Crippen LogP contribution in [0.4, 0.5) is 0 Å². The summed E-state index contributed by atoms with van der Waals surface area (Å²) in [7, 11) is 1.52. The molecule has 0 aliphatic rings. The third-order valence-electron chi connectivity index (χ3n) is 4.37. The number of hydrogen-bond acceptors (Lipinski definition) is 6. The van der Waals surface area contributed by atoms with E-state index in [-0.39, 0.29) is 5.75 Å². The number of carbonyl (C=O) groups excluding carboxylic acids is 1. The first kappa shape index (κ1) is 21.7. The van der Waals surface area contributed by atoms with E-state index in [0.29, 0.717) is 29.4 Å². The highest BCUT2D eigenvalue weighted by Crippen LogP contribution is 2.21. The second-order valence-electron chi connectivity index (χ2n) is 6.66. The van der Waals surface area contributed by atoms with Crippen LogP contribution in [0.1, 0.15) is 18.1 Å². The van der Waals surface area contributed by atoms with Crippen LogP contribution < -0.4 is 19.6 Å². The highest BCUT2D eigenvalue weighted by atomic mass is 16.5. The van der Waals surface area contributed by atoms with Gasteiger partial charge in [-0.15, -0.1) is 0 Å². The maximum atomic E-state index is 12.2. The zero-order chi connectivity index (χ0) is 22.1. The second-order valence-corrected chi connectivity index (χ2v) is 6.66. The number of methoxy groups -OCH3 is 1. The van der Waals surface area contributed by atoms with Gasteiger partial charge in [0.05, 0.1) is 13.3 Å². The molecular weight excluding hydrogens is 396 g/mol. The number of amides is 1. The quantitative estimate of drug-likeness (QED) is 0.405. The van der Waals surface area contributed by atoms with Gasteiger partial charge in [0.1, 0.15) is 29.6 Å². The lowest BCUT2D eigenvalue weighted by Crippen LogP contribution is -2.33. The molecule has 0 saturated carbocycles. The van der Waals surface area contributed by atoms with Crippen LogP contribution in [-0.2, 0) is 11.4 Å². The van der Waals surface area contributed by atoms with Gasteiger partial charge in [-0.25, -0.2) is 5.43 Å². The average Bonchev–Trinajstić information content (AvgIpc) is 2.80. The molecule has 0 aliphatic carbocycles. The molecule has 0 spiro atoms. The lowest BCUT2D eigenvalue weighted by Gasteiger charge is -2.13. The van der Waals surface area contributed by atoms with Crippen molar-refractivity contribution >= 4 is 12.1 Å². The van der Waals surface area contributed by atoms with Gasteiger partial charge in [-0.05, 0) is 55.0 Å². The molecule has 0 aromatic heterocycles. The number of ether oxygens (including phenoxy) is 3. The molecule has 0 radical (unpaired) electrons. The van der Waals surface area contributed by atoms with E-state index in [4.69, 9.17) is 14.2 Å². The highest BCUT2D eigenvalue weighted by Gasteiger charge is 2.14. The SMILES string of the molecule is COc1ccc(O)c(/C=N/NC(=O)C(C)Oc2ccc(OCc3ccccc3)cc2)c1. The lowest BCUT2D eigenvalue weighted by atomic mass is 10.2. The molecule has 0 aliphatic heterocycles. The predicted octanol–water partition coefficient (Wildman–Crippen LogP) is 3.90. The topological polar surface area (TPSA) is 89.4 Å². The van der Waals surface area contributed by atoms with Crippen molar-refractivity contribution in [1.82, 2.24) is 5.43 Å². The van der Waals surface area contributed by atoms with Crippen LogP contribution >= 0.6 is 0 Å². The summed E-state index contributed by atoms with van der Waals surface area (Å²) in [6, 6.07) is 21.6. The van der Waals surface area contributed by atoms with Crippen molar-refractivity contribution in [3.63, 3.8) is 0 Å². The number of nitrogens with one attached hydrogen (secondary N) is 1. The number of rotatable bonds is 9. The Labute approximate surface area is 180 Å². The number of carbonyl (C=O) groups is 1. The number of hydrazone groups is 1. The standard InChI is InChI=1S/C24H24N2O5/c1-17(24(28)26-25-15-19-14-22(29-2)12-13-23(19)27)31-21-10-8-20(9-11-21)30-16-18-6-4-3-5-7-18/h3-15,17,27H,16H2,1-2H3,(H,26,28)/b25-15+. The van der Waals surface area contributed by atoms with E-state index in [1.807, 2.05) is 30.3 Å². The van der Waals surface area contributed by atoms with Gasteiger partial charge in [-0.2, -0.15) is 5.10 Å². The fourth-order valence-corrected chi connectivity index (χ4v) is 2.63. The van der Waals surface area contributed by atoms with Gasteiger partial charge >= 0.3 is 0 Å². The molecule has 3 aromatic rings. The van der Waals surface area contributed by atoms with Gasteiger partial charge in [0, 0.05) is 5.56 Å². The van der Waals surface area contributed by atoms with Gasteiger partial charge in [0.25, 0.3) is 5.91 Å². The van der Waals surface area contributed by atoms with E-state index in [9.17, 15) is 9.90 Å². The van der Waals surface area contributed by atoms with Gasteiger partial charge < -0.3 is 19.3 Å². The minimum Gasteiger partial charge on any atom is -0.507 e. The predicted molar refractivity (Wildman–Crippen MR) is 118 cm³/mol. The molecule has 1 atom stereocenters. The van der Waals surface area contributed by atoms with Gasteiger partial charge in [-0.3, -0.25) is 4.79 Å². The van der Waals surface area contributed by atoms with E-state index in [2.05, 4.69) is 10.5 Å². The summed E-state index contributed by atoms with van der Waals surface area (Å²) in [5.41, 5.74) is 3.89.